The summed E-state index contributed by atoms with van der Waals surface area (Å²) in [5, 5.41) is 10.7. The van der Waals surface area contributed by atoms with Gasteiger partial charge in [0.15, 0.2) is 0 Å². The standard InChI is InChI=1S/C10H15NO3Si/c1-15(2,3)10(12)8-5-4-6-9(7-8)11(13)14/h5,7H,4,6H2,1-3H3. The third-order valence-corrected chi connectivity index (χ3v) is 3.92. The lowest BCUT2D eigenvalue weighted by atomic mass is 10.1. The third-order valence-electron chi connectivity index (χ3n) is 2.26. The van der Waals surface area contributed by atoms with Crippen LogP contribution in [-0.2, 0) is 4.79 Å². The van der Waals surface area contributed by atoms with E-state index < -0.39 is 13.0 Å². The van der Waals surface area contributed by atoms with E-state index in [0.717, 1.165) is 0 Å². The molecule has 0 N–H and O–H groups in total. The Bertz CT molecular complexity index is 363. The maximum atomic E-state index is 11.9. The first-order chi connectivity index (χ1) is 6.82. The largest absolute Gasteiger partial charge is 0.300 e. The van der Waals surface area contributed by atoms with Crippen molar-refractivity contribution in [3.8, 4) is 0 Å². The molecule has 0 saturated carbocycles. The van der Waals surface area contributed by atoms with Gasteiger partial charge in [-0.3, -0.25) is 10.1 Å². The predicted octanol–water partition coefficient (Wildman–Crippen LogP) is 2.31. The van der Waals surface area contributed by atoms with Gasteiger partial charge in [0.25, 0.3) is 0 Å². The van der Waals surface area contributed by atoms with Gasteiger partial charge in [0.2, 0.25) is 5.70 Å². The van der Waals surface area contributed by atoms with Crippen LogP contribution in [-0.4, -0.2) is 18.4 Å². The molecule has 4 nitrogen and oxygen atoms in total. The maximum absolute atomic E-state index is 11.9. The summed E-state index contributed by atoms with van der Waals surface area (Å²) in [5.74, 6) is 0. The average Bonchev–Trinajstić information content (AvgIpc) is 2.15. The quantitative estimate of drug-likeness (QED) is 0.420. The predicted molar refractivity (Wildman–Crippen MR) is 60.7 cm³/mol. The van der Waals surface area contributed by atoms with Crippen LogP contribution < -0.4 is 0 Å². The molecule has 15 heavy (non-hydrogen) atoms. The number of hydrogen-bond acceptors (Lipinski definition) is 3. The number of allylic oxidation sites excluding steroid dienone is 4. The van der Waals surface area contributed by atoms with Crippen molar-refractivity contribution in [1.82, 2.24) is 0 Å². The van der Waals surface area contributed by atoms with E-state index in [1.54, 1.807) is 0 Å². The minimum absolute atomic E-state index is 0.0987. The topological polar surface area (TPSA) is 60.2 Å². The number of carbonyl (C=O) groups is 1. The molecule has 0 amide bonds. The molecule has 0 aromatic carbocycles. The highest BCUT2D eigenvalue weighted by molar-refractivity contribution is 7.05. The summed E-state index contributed by atoms with van der Waals surface area (Å²) in [5.41, 5.74) is 0.686. The Morgan fingerprint density at radius 3 is 2.53 bits per heavy atom. The zero-order valence-electron chi connectivity index (χ0n) is 9.24. The molecular weight excluding hydrogens is 210 g/mol. The van der Waals surface area contributed by atoms with Gasteiger partial charge in [0.1, 0.15) is 13.5 Å². The Morgan fingerprint density at radius 1 is 1.47 bits per heavy atom. The number of nitro groups is 1. The summed E-state index contributed by atoms with van der Waals surface area (Å²) in [6.45, 7) is 5.85. The highest BCUT2D eigenvalue weighted by atomic mass is 28.3. The Morgan fingerprint density at radius 2 is 2.07 bits per heavy atom. The van der Waals surface area contributed by atoms with Gasteiger partial charge < -0.3 is 4.79 Å². The van der Waals surface area contributed by atoms with Crippen molar-refractivity contribution in [2.75, 3.05) is 0 Å². The van der Waals surface area contributed by atoms with Crippen LogP contribution in [0.1, 0.15) is 12.8 Å². The van der Waals surface area contributed by atoms with E-state index in [-0.39, 0.29) is 11.1 Å². The van der Waals surface area contributed by atoms with Crippen molar-refractivity contribution >= 4 is 13.5 Å². The molecule has 0 bridgehead atoms. The fourth-order valence-corrected chi connectivity index (χ4v) is 2.46. The smallest absolute Gasteiger partial charge is 0.247 e. The molecule has 0 radical (unpaired) electrons. The lowest BCUT2D eigenvalue weighted by molar-refractivity contribution is -0.428. The third kappa shape index (κ3) is 2.86. The summed E-state index contributed by atoms with van der Waals surface area (Å²) in [6.07, 6.45) is 4.27. The van der Waals surface area contributed by atoms with Crippen molar-refractivity contribution in [1.29, 1.82) is 0 Å². The molecule has 0 spiro atoms. The van der Waals surface area contributed by atoms with Gasteiger partial charge in [0.05, 0.1) is 4.92 Å². The monoisotopic (exact) mass is 225 g/mol. The van der Waals surface area contributed by atoms with Crippen molar-refractivity contribution in [3.05, 3.63) is 33.5 Å². The van der Waals surface area contributed by atoms with Gasteiger partial charge in [-0.25, -0.2) is 0 Å². The minimum Gasteiger partial charge on any atom is -0.300 e. The zero-order valence-corrected chi connectivity index (χ0v) is 10.2. The fourth-order valence-electron chi connectivity index (χ4n) is 1.42. The molecule has 1 aliphatic carbocycles. The van der Waals surface area contributed by atoms with Crippen LogP contribution in [0.15, 0.2) is 23.4 Å². The van der Waals surface area contributed by atoms with Crippen LogP contribution in [0.3, 0.4) is 0 Å². The number of rotatable bonds is 3. The van der Waals surface area contributed by atoms with E-state index >= 15 is 0 Å². The lowest BCUT2D eigenvalue weighted by Gasteiger charge is -2.16. The van der Waals surface area contributed by atoms with Crippen LogP contribution in [0.25, 0.3) is 0 Å². The van der Waals surface area contributed by atoms with E-state index in [9.17, 15) is 14.9 Å². The van der Waals surface area contributed by atoms with Crippen LogP contribution in [0.5, 0.6) is 0 Å². The Balaban J connectivity index is 2.94. The number of carbonyl (C=O) groups excluding carboxylic acids is 1. The molecule has 0 unspecified atom stereocenters. The maximum Gasteiger partial charge on any atom is 0.247 e. The van der Waals surface area contributed by atoms with Crippen LogP contribution in [0, 0.1) is 10.1 Å². The Kier molecular flexibility index (Phi) is 3.24. The summed E-state index contributed by atoms with van der Waals surface area (Å²) in [6, 6.07) is 0. The fraction of sp³-hybridized carbons (Fsp3) is 0.500. The number of hydrogen-bond donors (Lipinski definition) is 0. The first-order valence-electron chi connectivity index (χ1n) is 4.92. The van der Waals surface area contributed by atoms with Crippen LogP contribution in [0.2, 0.25) is 19.6 Å². The van der Waals surface area contributed by atoms with Crippen molar-refractivity contribution in [2.45, 2.75) is 32.5 Å². The first kappa shape index (κ1) is 11.8. The second kappa shape index (κ2) is 4.10. The van der Waals surface area contributed by atoms with Gasteiger partial charge >= 0.3 is 0 Å². The SMILES string of the molecule is C[Si](C)(C)C(=O)C1=CCCC([N+](=O)[O-])=C1. The first-order valence-corrected chi connectivity index (χ1v) is 8.42. The zero-order chi connectivity index (χ0) is 11.6. The second-order valence-electron chi connectivity index (χ2n) is 4.67. The second-order valence-corrected chi connectivity index (χ2v) is 9.62. The van der Waals surface area contributed by atoms with Crippen LogP contribution in [0.4, 0.5) is 0 Å². The van der Waals surface area contributed by atoms with E-state index in [1.807, 2.05) is 25.7 Å². The average molecular weight is 225 g/mol. The molecule has 0 aromatic heterocycles. The van der Waals surface area contributed by atoms with Crippen molar-refractivity contribution < 1.29 is 9.72 Å². The van der Waals surface area contributed by atoms with Gasteiger partial charge in [-0.05, 0) is 6.42 Å². The molecule has 0 saturated heterocycles. The Labute approximate surface area is 89.8 Å². The molecule has 0 heterocycles. The summed E-state index contributed by atoms with van der Waals surface area (Å²) in [4.78, 5) is 22.1. The molecule has 0 fully saturated rings. The summed E-state index contributed by atoms with van der Waals surface area (Å²) >= 11 is 0. The lowest BCUT2D eigenvalue weighted by Crippen LogP contribution is -2.34. The van der Waals surface area contributed by atoms with Gasteiger partial charge in [-0.15, -0.1) is 0 Å². The summed E-state index contributed by atoms with van der Waals surface area (Å²) in [7, 11) is -1.89. The van der Waals surface area contributed by atoms with E-state index in [1.165, 1.54) is 6.08 Å². The highest BCUT2D eigenvalue weighted by Gasteiger charge is 2.29. The molecule has 0 aliphatic heterocycles. The number of nitrogens with zero attached hydrogens (tertiary/aromatic N) is 1. The van der Waals surface area contributed by atoms with E-state index in [0.29, 0.717) is 18.4 Å². The highest BCUT2D eigenvalue weighted by Crippen LogP contribution is 2.21. The van der Waals surface area contributed by atoms with Crippen LogP contribution >= 0.6 is 0 Å². The van der Waals surface area contributed by atoms with Crippen molar-refractivity contribution in [3.63, 3.8) is 0 Å². The molecule has 1 rings (SSSR count). The van der Waals surface area contributed by atoms with Gasteiger partial charge in [0, 0.05) is 18.1 Å². The molecule has 82 valence electrons. The molecule has 1 aliphatic rings. The normalized spacial score (nSPS) is 16.7. The Hall–Kier alpha value is -1.23. The van der Waals surface area contributed by atoms with Crippen molar-refractivity contribution in [2.24, 2.45) is 0 Å². The minimum atomic E-state index is -1.89. The molecule has 0 aromatic rings. The van der Waals surface area contributed by atoms with E-state index in [4.69, 9.17) is 0 Å². The van der Waals surface area contributed by atoms with E-state index in [2.05, 4.69) is 0 Å². The van der Waals surface area contributed by atoms with Gasteiger partial charge in [-0.2, -0.15) is 0 Å². The van der Waals surface area contributed by atoms with Gasteiger partial charge in [-0.1, -0.05) is 25.7 Å². The summed E-state index contributed by atoms with van der Waals surface area (Å²) < 4.78 is 0. The molecule has 0 atom stereocenters. The molecular formula is C10H15NO3Si. The molecule has 5 heteroatoms.